The summed E-state index contributed by atoms with van der Waals surface area (Å²) in [6.45, 7) is 3.36. The number of carboxylic acid groups (broad SMARTS) is 2. The molecule has 0 radical (unpaired) electrons. The molecule has 4 amide bonds. The van der Waals surface area contributed by atoms with Gasteiger partial charge in [-0.05, 0) is 24.0 Å². The summed E-state index contributed by atoms with van der Waals surface area (Å²) in [4.78, 5) is 76.1. The molecule has 1 aromatic carbocycles. The highest BCUT2D eigenvalue weighted by Crippen LogP contribution is 2.19. The van der Waals surface area contributed by atoms with Crippen LogP contribution in [0.5, 0.6) is 0 Å². The average molecular weight is 547 g/mol. The minimum Gasteiger partial charge on any atom is -0.481 e. The van der Waals surface area contributed by atoms with Gasteiger partial charge in [-0.15, -0.1) is 0 Å². The van der Waals surface area contributed by atoms with E-state index in [0.717, 1.165) is 10.9 Å². The number of aromatic amines is 1. The fraction of sp³-hybridized carbons (Fsp3) is 0.440. The highest BCUT2D eigenvalue weighted by atomic mass is 16.4. The lowest BCUT2D eigenvalue weighted by atomic mass is 10.0. The number of aliphatic carboxylic acids is 2. The van der Waals surface area contributed by atoms with Crippen molar-refractivity contribution in [2.45, 2.75) is 63.7 Å². The predicted molar refractivity (Wildman–Crippen MR) is 139 cm³/mol. The number of fused-ring (bicyclic) bond motifs is 1. The molecule has 0 saturated carbocycles. The van der Waals surface area contributed by atoms with Crippen LogP contribution in [0.4, 0.5) is 0 Å². The Morgan fingerprint density at radius 3 is 2.08 bits per heavy atom. The Kier molecular flexibility index (Phi) is 11.0. The zero-order valence-corrected chi connectivity index (χ0v) is 21.6. The summed E-state index contributed by atoms with van der Waals surface area (Å²) in [5.41, 5.74) is 12.4. The van der Waals surface area contributed by atoms with Crippen LogP contribution in [0.2, 0.25) is 0 Å². The summed E-state index contributed by atoms with van der Waals surface area (Å²) in [7, 11) is 0. The van der Waals surface area contributed by atoms with Crippen molar-refractivity contribution in [3.63, 3.8) is 0 Å². The molecule has 4 atom stereocenters. The molecule has 4 unspecified atom stereocenters. The number of rotatable bonds is 15. The van der Waals surface area contributed by atoms with Gasteiger partial charge in [0.15, 0.2) is 0 Å². The monoisotopic (exact) mass is 546 g/mol. The Labute approximate surface area is 223 Å². The maximum atomic E-state index is 13.0. The Bertz CT molecular complexity index is 1230. The van der Waals surface area contributed by atoms with E-state index in [2.05, 4.69) is 20.9 Å². The maximum absolute atomic E-state index is 13.0. The van der Waals surface area contributed by atoms with Gasteiger partial charge in [-0.1, -0.05) is 32.0 Å². The second kappa shape index (κ2) is 13.9. The second-order valence-corrected chi connectivity index (χ2v) is 9.46. The number of amides is 4. The smallest absolute Gasteiger partial charge is 0.326 e. The van der Waals surface area contributed by atoms with E-state index in [-0.39, 0.29) is 18.8 Å². The molecule has 1 heterocycles. The second-order valence-electron chi connectivity index (χ2n) is 9.46. The molecule has 10 N–H and O–H groups in total. The molecular formula is C25H34N6O8. The molecule has 2 aromatic rings. The number of carboxylic acids is 2. The number of carbonyl (C=O) groups excluding carboxylic acids is 4. The van der Waals surface area contributed by atoms with Crippen molar-refractivity contribution in [1.82, 2.24) is 20.9 Å². The summed E-state index contributed by atoms with van der Waals surface area (Å²) >= 11 is 0. The van der Waals surface area contributed by atoms with Crippen LogP contribution in [0.1, 0.15) is 38.7 Å². The van der Waals surface area contributed by atoms with Crippen LogP contribution in [0.15, 0.2) is 30.5 Å². The third kappa shape index (κ3) is 9.10. The third-order valence-corrected chi connectivity index (χ3v) is 6.05. The molecule has 39 heavy (non-hydrogen) atoms. The van der Waals surface area contributed by atoms with Gasteiger partial charge >= 0.3 is 11.9 Å². The van der Waals surface area contributed by atoms with Gasteiger partial charge in [-0.3, -0.25) is 24.0 Å². The first-order valence-corrected chi connectivity index (χ1v) is 12.2. The summed E-state index contributed by atoms with van der Waals surface area (Å²) in [6, 6.07) is 1.77. The van der Waals surface area contributed by atoms with E-state index in [0.29, 0.717) is 5.56 Å². The zero-order valence-electron chi connectivity index (χ0n) is 21.6. The standard InChI is InChI=1S/C25H34N6O8/c1-12(2)21(27)24(37)29-16(7-8-20(33)34)22(35)30-17(10-19(26)32)23(36)31-18(25(38)39)9-13-11-28-15-6-4-3-5-14(13)15/h3-6,11-12,16-18,21,28H,7-10,27H2,1-2H3,(H2,26,32)(H,29,37)(H,30,35)(H,31,36)(H,33,34)(H,38,39). The lowest BCUT2D eigenvalue weighted by Gasteiger charge is -2.25. The van der Waals surface area contributed by atoms with Crippen LogP contribution in [0, 0.1) is 5.92 Å². The van der Waals surface area contributed by atoms with Gasteiger partial charge in [-0.2, -0.15) is 0 Å². The number of hydrogen-bond donors (Lipinski definition) is 8. The first kappa shape index (κ1) is 30.8. The van der Waals surface area contributed by atoms with Crippen molar-refractivity contribution in [2.75, 3.05) is 0 Å². The van der Waals surface area contributed by atoms with Gasteiger partial charge in [0, 0.05) is 29.9 Å². The van der Waals surface area contributed by atoms with Crippen molar-refractivity contribution >= 4 is 46.5 Å². The van der Waals surface area contributed by atoms with Gasteiger partial charge in [-0.25, -0.2) is 4.79 Å². The zero-order chi connectivity index (χ0) is 29.3. The van der Waals surface area contributed by atoms with E-state index in [1.807, 2.05) is 0 Å². The predicted octanol–water partition coefficient (Wildman–Crippen LogP) is -1.03. The molecule has 0 spiro atoms. The van der Waals surface area contributed by atoms with Crippen LogP contribution >= 0.6 is 0 Å². The van der Waals surface area contributed by atoms with Gasteiger partial charge in [0.25, 0.3) is 0 Å². The third-order valence-electron chi connectivity index (χ3n) is 6.05. The van der Waals surface area contributed by atoms with Crippen molar-refractivity contribution in [2.24, 2.45) is 17.4 Å². The summed E-state index contributed by atoms with van der Waals surface area (Å²) in [5, 5.41) is 26.5. The molecule has 14 heteroatoms. The van der Waals surface area contributed by atoms with Gasteiger partial charge < -0.3 is 42.6 Å². The summed E-state index contributed by atoms with van der Waals surface area (Å²) in [6.07, 6.45) is 0.0104. The Balaban J connectivity index is 2.20. The van der Waals surface area contributed by atoms with Crippen LogP contribution in [0.25, 0.3) is 10.9 Å². The minimum absolute atomic E-state index is 0.104. The first-order chi connectivity index (χ1) is 18.3. The van der Waals surface area contributed by atoms with Crippen molar-refractivity contribution in [3.05, 3.63) is 36.0 Å². The quantitative estimate of drug-likeness (QED) is 0.136. The fourth-order valence-corrected chi connectivity index (χ4v) is 3.78. The fourth-order valence-electron chi connectivity index (χ4n) is 3.78. The Morgan fingerprint density at radius 1 is 0.897 bits per heavy atom. The van der Waals surface area contributed by atoms with Gasteiger partial charge in [0.1, 0.15) is 18.1 Å². The van der Waals surface area contributed by atoms with E-state index >= 15 is 0 Å². The van der Waals surface area contributed by atoms with E-state index in [4.69, 9.17) is 16.6 Å². The lowest BCUT2D eigenvalue weighted by Crippen LogP contribution is -2.58. The highest BCUT2D eigenvalue weighted by Gasteiger charge is 2.32. The van der Waals surface area contributed by atoms with E-state index in [9.17, 15) is 33.9 Å². The largest absolute Gasteiger partial charge is 0.481 e. The molecule has 1 aromatic heterocycles. The Hall–Kier alpha value is -4.46. The number of aromatic nitrogens is 1. The lowest BCUT2D eigenvalue weighted by molar-refractivity contribution is -0.142. The molecule has 0 aliphatic heterocycles. The number of hydrogen-bond acceptors (Lipinski definition) is 7. The SMILES string of the molecule is CC(C)C(N)C(=O)NC(CCC(=O)O)C(=O)NC(CC(N)=O)C(=O)NC(Cc1c[nH]c2ccccc12)C(=O)O. The summed E-state index contributed by atoms with van der Waals surface area (Å²) in [5.74, 6) is -6.52. The number of nitrogens with two attached hydrogens (primary N) is 2. The molecule has 2 rings (SSSR count). The molecule has 0 bridgehead atoms. The number of primary amides is 1. The number of para-hydroxylation sites is 1. The van der Waals surface area contributed by atoms with E-state index < -0.39 is 72.6 Å². The normalized spacial score (nSPS) is 14.2. The molecule has 0 aliphatic carbocycles. The molecule has 0 saturated heterocycles. The number of benzene rings is 1. The molecule has 14 nitrogen and oxygen atoms in total. The van der Waals surface area contributed by atoms with Crippen LogP contribution < -0.4 is 27.4 Å². The number of nitrogens with one attached hydrogen (secondary N) is 4. The minimum atomic E-state index is -1.59. The van der Waals surface area contributed by atoms with Gasteiger partial charge in [0.05, 0.1) is 12.5 Å². The van der Waals surface area contributed by atoms with Crippen molar-refractivity contribution in [1.29, 1.82) is 0 Å². The maximum Gasteiger partial charge on any atom is 0.326 e. The van der Waals surface area contributed by atoms with E-state index in [1.165, 1.54) is 0 Å². The number of carbonyl (C=O) groups is 6. The highest BCUT2D eigenvalue weighted by molar-refractivity contribution is 5.96. The van der Waals surface area contributed by atoms with Crippen LogP contribution in [-0.4, -0.2) is 74.9 Å². The van der Waals surface area contributed by atoms with Gasteiger partial charge in [0.2, 0.25) is 23.6 Å². The van der Waals surface area contributed by atoms with Crippen LogP contribution in [0.3, 0.4) is 0 Å². The Morgan fingerprint density at radius 2 is 1.49 bits per heavy atom. The van der Waals surface area contributed by atoms with Crippen molar-refractivity contribution < 1.29 is 39.0 Å². The average Bonchev–Trinajstić information content (AvgIpc) is 3.27. The summed E-state index contributed by atoms with van der Waals surface area (Å²) < 4.78 is 0. The topological polar surface area (TPSA) is 247 Å². The molecule has 0 aliphatic rings. The molecular weight excluding hydrogens is 512 g/mol. The molecule has 212 valence electrons. The molecule has 0 fully saturated rings. The van der Waals surface area contributed by atoms with E-state index in [1.54, 1.807) is 44.3 Å². The van der Waals surface area contributed by atoms with Crippen LogP contribution in [-0.2, 0) is 35.2 Å². The first-order valence-electron chi connectivity index (χ1n) is 12.2. The van der Waals surface area contributed by atoms with Crippen molar-refractivity contribution in [3.8, 4) is 0 Å². The number of H-pyrrole nitrogens is 1.